The largest absolute Gasteiger partial charge is 0.469 e. The molecule has 18 heavy (non-hydrogen) atoms. The molecule has 0 aliphatic heterocycles. The molecule has 1 aromatic carbocycles. The van der Waals surface area contributed by atoms with Gasteiger partial charge in [0, 0.05) is 18.4 Å². The summed E-state index contributed by atoms with van der Waals surface area (Å²) in [7, 11) is 1.30. The molecular weight excluding hydrogens is 259 g/mol. The van der Waals surface area contributed by atoms with Crippen molar-refractivity contribution in [2.24, 2.45) is 5.92 Å². The Morgan fingerprint density at radius 1 is 1.39 bits per heavy atom. The van der Waals surface area contributed by atoms with Crippen LogP contribution in [-0.4, -0.2) is 18.9 Å². The van der Waals surface area contributed by atoms with Gasteiger partial charge in [0.25, 0.3) is 0 Å². The van der Waals surface area contributed by atoms with Gasteiger partial charge in [0.15, 0.2) is 5.78 Å². The van der Waals surface area contributed by atoms with Crippen molar-refractivity contribution in [2.45, 2.75) is 19.8 Å². The maximum Gasteiger partial charge on any atom is 0.305 e. The molecule has 0 aliphatic carbocycles. The molecule has 0 saturated carbocycles. The van der Waals surface area contributed by atoms with Crippen LogP contribution in [0.1, 0.15) is 30.1 Å². The summed E-state index contributed by atoms with van der Waals surface area (Å²) in [6.07, 6.45) is 0.369. The van der Waals surface area contributed by atoms with E-state index in [2.05, 4.69) is 4.74 Å². The lowest BCUT2D eigenvalue weighted by Gasteiger charge is -2.09. The molecule has 1 rings (SSSR count). The number of hydrogen-bond donors (Lipinski definition) is 0. The molecule has 1 aromatic rings. The Bertz CT molecular complexity index is 460. The molecule has 0 amide bonds. The minimum absolute atomic E-state index is 0.0820. The molecule has 0 fully saturated rings. The van der Waals surface area contributed by atoms with Crippen LogP contribution in [0.15, 0.2) is 18.2 Å². The topological polar surface area (TPSA) is 43.4 Å². The van der Waals surface area contributed by atoms with Gasteiger partial charge in [-0.2, -0.15) is 0 Å². The van der Waals surface area contributed by atoms with Crippen molar-refractivity contribution in [3.05, 3.63) is 34.6 Å². The van der Waals surface area contributed by atoms with E-state index in [1.165, 1.54) is 19.2 Å². The Morgan fingerprint density at radius 2 is 2.06 bits per heavy atom. The minimum atomic E-state index is -0.559. The maximum absolute atomic E-state index is 12.9. The highest BCUT2D eigenvalue weighted by atomic mass is 35.5. The summed E-state index contributed by atoms with van der Waals surface area (Å²) >= 11 is 5.60. The number of halogens is 2. The molecule has 3 nitrogen and oxygen atoms in total. The van der Waals surface area contributed by atoms with Crippen molar-refractivity contribution >= 4 is 23.4 Å². The molecule has 5 heteroatoms. The normalized spacial score (nSPS) is 12.0. The van der Waals surface area contributed by atoms with Gasteiger partial charge in [0.2, 0.25) is 0 Å². The maximum atomic E-state index is 12.9. The Hall–Kier alpha value is -1.42. The van der Waals surface area contributed by atoms with Crippen LogP contribution in [0.5, 0.6) is 0 Å². The summed E-state index contributed by atoms with van der Waals surface area (Å²) in [5.41, 5.74) is 0.345. The molecule has 0 bridgehead atoms. The number of carbonyl (C=O) groups excluding carboxylic acids is 2. The van der Waals surface area contributed by atoms with Crippen LogP contribution in [0.4, 0.5) is 4.39 Å². The van der Waals surface area contributed by atoms with Gasteiger partial charge in [-0.3, -0.25) is 9.59 Å². The molecule has 0 unspecified atom stereocenters. The van der Waals surface area contributed by atoms with Crippen LogP contribution >= 0.6 is 11.6 Å². The zero-order valence-corrected chi connectivity index (χ0v) is 11.0. The average molecular weight is 273 g/mol. The Morgan fingerprint density at radius 3 is 2.61 bits per heavy atom. The van der Waals surface area contributed by atoms with E-state index in [4.69, 9.17) is 11.6 Å². The minimum Gasteiger partial charge on any atom is -0.469 e. The summed E-state index contributed by atoms with van der Waals surface area (Å²) in [5.74, 6) is -1.22. The van der Waals surface area contributed by atoms with Crippen LogP contribution < -0.4 is 0 Å². The highest BCUT2D eigenvalue weighted by molar-refractivity contribution is 6.31. The van der Waals surface area contributed by atoms with Crippen LogP contribution in [0.3, 0.4) is 0 Å². The number of ketones is 1. The number of methoxy groups -OCH3 is 1. The van der Waals surface area contributed by atoms with Crippen LogP contribution in [0.2, 0.25) is 5.02 Å². The number of hydrogen-bond acceptors (Lipinski definition) is 3. The van der Waals surface area contributed by atoms with Gasteiger partial charge in [0.1, 0.15) is 5.82 Å². The van der Waals surface area contributed by atoms with Gasteiger partial charge in [-0.25, -0.2) is 4.39 Å². The standard InChI is InChI=1S/C13H14ClFO3/c1-8(6-13(17)18-2)5-12(16)9-3-4-11(15)10(14)7-9/h3-4,7-8H,5-6H2,1-2H3/t8-/m1/s1. The number of esters is 1. The summed E-state index contributed by atoms with van der Waals surface area (Å²) in [5, 5.41) is -0.0820. The number of rotatable bonds is 5. The van der Waals surface area contributed by atoms with Gasteiger partial charge in [-0.15, -0.1) is 0 Å². The Kier molecular flexibility index (Phi) is 5.28. The van der Waals surface area contributed by atoms with E-state index in [9.17, 15) is 14.0 Å². The fourth-order valence-corrected chi connectivity index (χ4v) is 1.72. The third-order valence-electron chi connectivity index (χ3n) is 2.52. The van der Waals surface area contributed by atoms with E-state index in [1.54, 1.807) is 6.92 Å². The summed E-state index contributed by atoms with van der Waals surface area (Å²) in [6.45, 7) is 1.78. The lowest BCUT2D eigenvalue weighted by Crippen LogP contribution is -2.12. The highest BCUT2D eigenvalue weighted by Gasteiger charge is 2.15. The van der Waals surface area contributed by atoms with E-state index in [1.807, 2.05) is 0 Å². The second-order valence-corrected chi connectivity index (χ2v) is 4.55. The van der Waals surface area contributed by atoms with Crippen molar-refractivity contribution in [3.8, 4) is 0 Å². The van der Waals surface area contributed by atoms with E-state index < -0.39 is 5.82 Å². The first-order valence-electron chi connectivity index (χ1n) is 5.49. The first-order chi connectivity index (χ1) is 8.43. The molecule has 0 N–H and O–H groups in total. The average Bonchev–Trinajstić information content (AvgIpc) is 2.32. The molecular formula is C13H14ClFO3. The number of benzene rings is 1. The molecule has 0 aromatic heterocycles. The molecule has 0 heterocycles. The molecule has 98 valence electrons. The van der Waals surface area contributed by atoms with Gasteiger partial charge >= 0.3 is 5.97 Å². The number of Topliss-reactive ketones (excluding diaryl/α,β-unsaturated/α-hetero) is 1. The third-order valence-corrected chi connectivity index (χ3v) is 2.81. The smallest absolute Gasteiger partial charge is 0.305 e. The fraction of sp³-hybridized carbons (Fsp3) is 0.385. The second-order valence-electron chi connectivity index (χ2n) is 4.14. The van der Waals surface area contributed by atoms with E-state index in [-0.39, 0.29) is 35.5 Å². The zero-order valence-electron chi connectivity index (χ0n) is 10.2. The molecule has 1 atom stereocenters. The van der Waals surface area contributed by atoms with Crippen LogP contribution in [0, 0.1) is 11.7 Å². The van der Waals surface area contributed by atoms with Crippen molar-refractivity contribution in [3.63, 3.8) is 0 Å². The SMILES string of the molecule is COC(=O)C[C@H](C)CC(=O)c1ccc(F)c(Cl)c1. The van der Waals surface area contributed by atoms with Crippen molar-refractivity contribution < 1.29 is 18.7 Å². The Labute approximate surface area is 110 Å². The molecule has 0 radical (unpaired) electrons. The number of ether oxygens (including phenoxy) is 1. The first kappa shape index (κ1) is 14.6. The third kappa shape index (κ3) is 4.11. The number of carbonyl (C=O) groups is 2. The second kappa shape index (κ2) is 6.50. The van der Waals surface area contributed by atoms with E-state index >= 15 is 0 Å². The fourth-order valence-electron chi connectivity index (χ4n) is 1.54. The predicted molar refractivity (Wildman–Crippen MR) is 66.2 cm³/mol. The lowest BCUT2D eigenvalue weighted by molar-refractivity contribution is -0.141. The molecule has 0 aliphatic rings. The predicted octanol–water partition coefficient (Wildman–Crippen LogP) is 3.25. The van der Waals surface area contributed by atoms with Crippen molar-refractivity contribution in [1.29, 1.82) is 0 Å². The zero-order chi connectivity index (χ0) is 13.7. The quantitative estimate of drug-likeness (QED) is 0.610. The van der Waals surface area contributed by atoms with Crippen molar-refractivity contribution in [2.75, 3.05) is 7.11 Å². The Balaban J connectivity index is 2.64. The highest BCUT2D eigenvalue weighted by Crippen LogP contribution is 2.19. The molecule has 0 spiro atoms. The van der Waals surface area contributed by atoms with Gasteiger partial charge in [-0.1, -0.05) is 18.5 Å². The van der Waals surface area contributed by atoms with Crippen molar-refractivity contribution in [1.82, 2.24) is 0 Å². The van der Waals surface area contributed by atoms with E-state index in [0.717, 1.165) is 6.07 Å². The summed E-state index contributed by atoms with van der Waals surface area (Å²) in [4.78, 5) is 22.9. The lowest BCUT2D eigenvalue weighted by atomic mass is 9.97. The summed E-state index contributed by atoms with van der Waals surface area (Å²) in [6, 6.07) is 3.83. The van der Waals surface area contributed by atoms with Gasteiger partial charge in [-0.05, 0) is 24.1 Å². The van der Waals surface area contributed by atoms with Crippen LogP contribution in [-0.2, 0) is 9.53 Å². The first-order valence-corrected chi connectivity index (χ1v) is 5.87. The monoisotopic (exact) mass is 272 g/mol. The van der Waals surface area contributed by atoms with Crippen LogP contribution in [0.25, 0.3) is 0 Å². The molecule has 0 saturated heterocycles. The van der Waals surface area contributed by atoms with Gasteiger partial charge in [0.05, 0.1) is 12.1 Å². The summed E-state index contributed by atoms with van der Waals surface area (Å²) < 4.78 is 17.5. The van der Waals surface area contributed by atoms with Gasteiger partial charge < -0.3 is 4.74 Å². The van der Waals surface area contributed by atoms with E-state index in [0.29, 0.717) is 5.56 Å².